The molecular weight excluding hydrogens is 318 g/mol. The van der Waals surface area contributed by atoms with Crippen molar-refractivity contribution < 1.29 is 18.1 Å². The van der Waals surface area contributed by atoms with Gasteiger partial charge in [-0.3, -0.25) is 10.1 Å². The lowest BCUT2D eigenvalue weighted by Crippen LogP contribution is -2.03. The van der Waals surface area contributed by atoms with E-state index in [0.717, 1.165) is 38.2 Å². The second-order valence-corrected chi connectivity index (χ2v) is 7.12. The molecule has 8 heteroatoms. The van der Waals surface area contributed by atoms with Crippen molar-refractivity contribution in [2.45, 2.75) is 43.9 Å². The summed E-state index contributed by atoms with van der Waals surface area (Å²) in [6.45, 7) is 2.46. The van der Waals surface area contributed by atoms with Gasteiger partial charge >= 0.3 is 0 Å². The van der Waals surface area contributed by atoms with Crippen LogP contribution in [0.25, 0.3) is 0 Å². The van der Waals surface area contributed by atoms with Gasteiger partial charge in [-0.05, 0) is 12.5 Å². The number of hydrogen-bond acceptors (Lipinski definition) is 5. The first kappa shape index (κ1) is 17.7. The molecule has 0 radical (unpaired) electrons. The van der Waals surface area contributed by atoms with Crippen LogP contribution in [0.1, 0.15) is 39.0 Å². The summed E-state index contributed by atoms with van der Waals surface area (Å²) in [5.74, 6) is 0.0473. The maximum absolute atomic E-state index is 11.5. The average Bonchev–Trinajstić information content (AvgIpc) is 2.41. The van der Waals surface area contributed by atoms with Crippen LogP contribution in [-0.2, 0) is 9.05 Å². The minimum Gasteiger partial charge on any atom is -0.492 e. The minimum absolute atomic E-state index is 0.0473. The molecule has 0 saturated carbocycles. The molecule has 0 heterocycles. The van der Waals surface area contributed by atoms with Crippen LogP contribution in [0.5, 0.6) is 5.75 Å². The van der Waals surface area contributed by atoms with Gasteiger partial charge in [-0.15, -0.1) is 0 Å². The molecule has 6 nitrogen and oxygen atoms in total. The summed E-state index contributed by atoms with van der Waals surface area (Å²) in [6, 6.07) is 3.37. The fourth-order valence-corrected chi connectivity index (χ4v) is 2.80. The van der Waals surface area contributed by atoms with E-state index in [9.17, 15) is 18.5 Å². The van der Waals surface area contributed by atoms with Crippen LogP contribution < -0.4 is 4.74 Å². The van der Waals surface area contributed by atoms with Crippen molar-refractivity contribution in [3.63, 3.8) is 0 Å². The van der Waals surface area contributed by atoms with Crippen molar-refractivity contribution in [2.75, 3.05) is 6.61 Å². The van der Waals surface area contributed by atoms with Gasteiger partial charge in [-0.2, -0.15) is 0 Å². The van der Waals surface area contributed by atoms with Crippen molar-refractivity contribution in [1.29, 1.82) is 0 Å². The van der Waals surface area contributed by atoms with Gasteiger partial charge in [-0.25, -0.2) is 8.42 Å². The highest BCUT2D eigenvalue weighted by atomic mass is 35.7. The van der Waals surface area contributed by atoms with Gasteiger partial charge in [0.2, 0.25) is 0 Å². The maximum Gasteiger partial charge on any atom is 0.271 e. The third kappa shape index (κ3) is 5.89. The third-order valence-corrected chi connectivity index (χ3v) is 4.25. The van der Waals surface area contributed by atoms with Gasteiger partial charge in [0.05, 0.1) is 11.5 Å². The molecular formula is C13H18ClNO5S. The van der Waals surface area contributed by atoms with Crippen molar-refractivity contribution in [2.24, 2.45) is 0 Å². The Morgan fingerprint density at radius 3 is 2.48 bits per heavy atom. The SMILES string of the molecule is CCCCCCCOc1ccc([N+](=O)[O-])cc1S(=O)(=O)Cl. The molecule has 0 saturated heterocycles. The number of nitro groups is 1. The number of nitro benzene ring substituents is 1. The van der Waals surface area contributed by atoms with E-state index in [2.05, 4.69) is 6.92 Å². The molecule has 0 spiro atoms. The molecule has 0 aliphatic carbocycles. The van der Waals surface area contributed by atoms with Crippen LogP contribution in [0.2, 0.25) is 0 Å². The summed E-state index contributed by atoms with van der Waals surface area (Å²) in [4.78, 5) is 9.63. The summed E-state index contributed by atoms with van der Waals surface area (Å²) in [5, 5.41) is 10.7. The Kier molecular flexibility index (Phi) is 6.91. The summed E-state index contributed by atoms with van der Waals surface area (Å²) in [7, 11) is 1.19. The summed E-state index contributed by atoms with van der Waals surface area (Å²) in [5.41, 5.74) is -0.343. The molecule has 0 aliphatic heterocycles. The number of benzene rings is 1. The maximum atomic E-state index is 11.5. The molecule has 0 fully saturated rings. The third-order valence-electron chi connectivity index (χ3n) is 2.91. The zero-order valence-corrected chi connectivity index (χ0v) is 13.3. The normalized spacial score (nSPS) is 11.3. The van der Waals surface area contributed by atoms with Crippen LogP contribution in [0.4, 0.5) is 5.69 Å². The Hall–Kier alpha value is -1.34. The summed E-state index contributed by atoms with van der Waals surface area (Å²) < 4.78 is 28.3. The van der Waals surface area contributed by atoms with Crippen molar-refractivity contribution in [3.05, 3.63) is 28.3 Å². The lowest BCUT2D eigenvalue weighted by atomic mass is 10.2. The molecule has 1 aromatic carbocycles. The first-order chi connectivity index (χ1) is 9.86. The van der Waals surface area contributed by atoms with E-state index < -0.39 is 14.0 Å². The van der Waals surface area contributed by atoms with E-state index in [4.69, 9.17) is 15.4 Å². The fraction of sp³-hybridized carbons (Fsp3) is 0.538. The number of non-ortho nitro benzene ring substituents is 1. The lowest BCUT2D eigenvalue weighted by Gasteiger charge is -2.09. The largest absolute Gasteiger partial charge is 0.492 e. The number of rotatable bonds is 9. The lowest BCUT2D eigenvalue weighted by molar-refractivity contribution is -0.385. The van der Waals surface area contributed by atoms with Gasteiger partial charge in [0.1, 0.15) is 10.6 Å². The molecule has 0 N–H and O–H groups in total. The molecule has 0 aromatic heterocycles. The molecule has 0 atom stereocenters. The first-order valence-corrected chi connectivity index (χ1v) is 9.03. The summed E-state index contributed by atoms with van der Waals surface area (Å²) >= 11 is 0. The Labute approximate surface area is 128 Å². The Morgan fingerprint density at radius 1 is 1.24 bits per heavy atom. The van der Waals surface area contributed by atoms with Crippen molar-refractivity contribution in [3.8, 4) is 5.75 Å². The van der Waals surface area contributed by atoms with Crippen LogP contribution in [0, 0.1) is 10.1 Å². The van der Waals surface area contributed by atoms with E-state index in [1.165, 1.54) is 12.1 Å². The highest BCUT2D eigenvalue weighted by Gasteiger charge is 2.21. The molecule has 1 rings (SSSR count). The topological polar surface area (TPSA) is 86.5 Å². The predicted molar refractivity (Wildman–Crippen MR) is 80.4 cm³/mol. The number of hydrogen-bond donors (Lipinski definition) is 0. The zero-order chi connectivity index (χ0) is 15.9. The molecule has 0 aliphatic rings. The second-order valence-electron chi connectivity index (χ2n) is 4.59. The predicted octanol–water partition coefficient (Wildman–Crippen LogP) is 3.87. The molecule has 21 heavy (non-hydrogen) atoms. The van der Waals surface area contributed by atoms with E-state index >= 15 is 0 Å². The van der Waals surface area contributed by atoms with E-state index in [1.54, 1.807) is 0 Å². The van der Waals surface area contributed by atoms with Gasteiger partial charge in [0.15, 0.2) is 0 Å². The van der Waals surface area contributed by atoms with E-state index in [1.807, 2.05) is 0 Å². The fourth-order valence-electron chi connectivity index (χ4n) is 1.81. The quantitative estimate of drug-likeness (QED) is 0.296. The number of ether oxygens (including phenoxy) is 1. The van der Waals surface area contributed by atoms with Gasteiger partial charge in [0.25, 0.3) is 14.7 Å². The van der Waals surface area contributed by atoms with Gasteiger partial charge < -0.3 is 4.74 Å². The molecule has 0 unspecified atom stereocenters. The molecule has 0 amide bonds. The van der Waals surface area contributed by atoms with Crippen LogP contribution in [-0.4, -0.2) is 19.9 Å². The highest BCUT2D eigenvalue weighted by molar-refractivity contribution is 8.13. The van der Waals surface area contributed by atoms with Crippen molar-refractivity contribution in [1.82, 2.24) is 0 Å². The highest BCUT2D eigenvalue weighted by Crippen LogP contribution is 2.30. The number of halogens is 1. The van der Waals surface area contributed by atoms with E-state index in [-0.39, 0.29) is 16.3 Å². The number of nitrogens with zero attached hydrogens (tertiary/aromatic N) is 1. The Balaban J connectivity index is 2.75. The minimum atomic E-state index is -4.10. The smallest absolute Gasteiger partial charge is 0.271 e. The molecule has 0 bridgehead atoms. The Bertz CT molecular complexity index is 588. The first-order valence-electron chi connectivity index (χ1n) is 6.72. The zero-order valence-electron chi connectivity index (χ0n) is 11.7. The van der Waals surface area contributed by atoms with E-state index in [0.29, 0.717) is 6.61 Å². The molecule has 1 aromatic rings. The monoisotopic (exact) mass is 335 g/mol. The standard InChI is InChI=1S/C13H18ClNO5S/c1-2-3-4-5-6-9-20-12-8-7-11(15(16)17)10-13(12)21(14,18)19/h7-8,10H,2-6,9H2,1H3. The van der Waals surface area contributed by atoms with Gasteiger partial charge in [-0.1, -0.05) is 32.6 Å². The van der Waals surface area contributed by atoms with Crippen LogP contribution in [0.3, 0.4) is 0 Å². The van der Waals surface area contributed by atoms with Gasteiger partial charge in [0, 0.05) is 22.8 Å². The van der Waals surface area contributed by atoms with Crippen molar-refractivity contribution >= 4 is 25.4 Å². The van der Waals surface area contributed by atoms with Crippen LogP contribution in [0.15, 0.2) is 23.1 Å². The number of unbranched alkanes of at least 4 members (excludes halogenated alkanes) is 4. The second kappa shape index (κ2) is 8.19. The van der Waals surface area contributed by atoms with Crippen LogP contribution >= 0.6 is 10.7 Å². The average molecular weight is 336 g/mol. The summed E-state index contributed by atoms with van der Waals surface area (Å²) in [6.07, 6.45) is 5.17. The molecule has 118 valence electrons. The Morgan fingerprint density at radius 2 is 1.90 bits per heavy atom.